The van der Waals surface area contributed by atoms with Gasteiger partial charge in [-0.3, -0.25) is 0 Å². The number of hydrogen-bond acceptors (Lipinski definition) is 6. The molecule has 1 N–H and O–H groups in total. The van der Waals surface area contributed by atoms with E-state index >= 15 is 0 Å². The number of amides is 1. The maximum Gasteiger partial charge on any atom is 0.408 e. The predicted molar refractivity (Wildman–Crippen MR) is 104 cm³/mol. The third-order valence-electron chi connectivity index (χ3n) is 4.82. The van der Waals surface area contributed by atoms with Crippen molar-refractivity contribution < 1.29 is 13.9 Å². The smallest absolute Gasteiger partial charge is 0.408 e. The van der Waals surface area contributed by atoms with Crippen LogP contribution >= 0.6 is 0 Å². The fourth-order valence-corrected chi connectivity index (χ4v) is 3.45. The molecule has 8 nitrogen and oxygen atoms in total. The van der Waals surface area contributed by atoms with Crippen LogP contribution in [0.4, 0.5) is 4.79 Å². The first-order chi connectivity index (χ1) is 13.2. The van der Waals surface area contributed by atoms with E-state index in [4.69, 9.17) is 9.15 Å². The van der Waals surface area contributed by atoms with Gasteiger partial charge >= 0.3 is 6.09 Å². The van der Waals surface area contributed by atoms with Crippen LogP contribution < -0.4 is 5.32 Å². The molecule has 0 aromatic carbocycles. The summed E-state index contributed by atoms with van der Waals surface area (Å²) in [6.07, 6.45) is 8.11. The molecule has 2 aromatic rings. The Bertz CT molecular complexity index is 784. The molecule has 1 atom stereocenters. The Hall–Kier alpha value is -2.38. The Morgan fingerprint density at radius 3 is 2.71 bits per heavy atom. The van der Waals surface area contributed by atoms with Gasteiger partial charge in [0.15, 0.2) is 0 Å². The van der Waals surface area contributed by atoms with Crippen molar-refractivity contribution in [3.8, 4) is 0 Å². The standard InChI is InChI=1S/C20H31N5O3/c1-13(2)17(22-19(26)28-20(3,4)5)18-21-10-15(27-18)11-25-12-16(23-24-25)14-8-6-7-9-14/h10,12-14,17H,6-9,11H2,1-5H3,(H,22,26)/t17-/m0/s1. The second kappa shape index (κ2) is 8.32. The van der Waals surface area contributed by atoms with Crippen LogP contribution in [0.5, 0.6) is 0 Å². The van der Waals surface area contributed by atoms with Gasteiger partial charge in [-0.05, 0) is 39.5 Å². The van der Waals surface area contributed by atoms with Crippen molar-refractivity contribution in [1.29, 1.82) is 0 Å². The van der Waals surface area contributed by atoms with Gasteiger partial charge in [-0.2, -0.15) is 0 Å². The summed E-state index contributed by atoms with van der Waals surface area (Å²) in [6.45, 7) is 9.95. The van der Waals surface area contributed by atoms with Gasteiger partial charge in [0.1, 0.15) is 23.9 Å². The lowest BCUT2D eigenvalue weighted by atomic mass is 10.1. The van der Waals surface area contributed by atoms with E-state index < -0.39 is 11.7 Å². The molecule has 1 aliphatic carbocycles. The molecule has 8 heteroatoms. The van der Waals surface area contributed by atoms with Crippen LogP contribution in [0.3, 0.4) is 0 Å². The largest absolute Gasteiger partial charge is 0.444 e. The molecular weight excluding hydrogens is 358 g/mol. The zero-order valence-corrected chi connectivity index (χ0v) is 17.4. The van der Waals surface area contributed by atoms with Crippen LogP contribution in [0.15, 0.2) is 16.8 Å². The second-order valence-electron chi connectivity index (χ2n) is 8.86. The lowest BCUT2D eigenvalue weighted by Crippen LogP contribution is -2.37. The van der Waals surface area contributed by atoms with Gasteiger partial charge < -0.3 is 14.5 Å². The number of rotatable bonds is 6. The maximum absolute atomic E-state index is 12.1. The van der Waals surface area contributed by atoms with Gasteiger partial charge in [-0.1, -0.05) is 31.9 Å². The molecule has 0 radical (unpaired) electrons. The van der Waals surface area contributed by atoms with E-state index in [1.54, 1.807) is 10.9 Å². The number of carbonyl (C=O) groups excluding carboxylic acids is 1. The van der Waals surface area contributed by atoms with E-state index in [1.165, 1.54) is 25.7 Å². The molecule has 2 heterocycles. The third kappa shape index (κ3) is 5.33. The number of oxazole rings is 1. The summed E-state index contributed by atoms with van der Waals surface area (Å²) in [6, 6.07) is -0.367. The summed E-state index contributed by atoms with van der Waals surface area (Å²) < 4.78 is 13.0. The lowest BCUT2D eigenvalue weighted by Gasteiger charge is -2.24. The minimum Gasteiger partial charge on any atom is -0.444 e. The lowest BCUT2D eigenvalue weighted by molar-refractivity contribution is 0.0478. The van der Waals surface area contributed by atoms with Crippen molar-refractivity contribution in [3.05, 3.63) is 29.7 Å². The van der Waals surface area contributed by atoms with Gasteiger partial charge in [0.05, 0.1) is 11.9 Å². The molecule has 0 aliphatic heterocycles. The molecule has 1 saturated carbocycles. The highest BCUT2D eigenvalue weighted by Gasteiger charge is 2.26. The first kappa shape index (κ1) is 20.4. The second-order valence-corrected chi connectivity index (χ2v) is 8.86. The van der Waals surface area contributed by atoms with Crippen molar-refractivity contribution in [3.63, 3.8) is 0 Å². The molecule has 2 aromatic heterocycles. The summed E-state index contributed by atoms with van der Waals surface area (Å²) >= 11 is 0. The summed E-state index contributed by atoms with van der Waals surface area (Å²) in [5.74, 6) is 1.77. The van der Waals surface area contributed by atoms with Gasteiger partial charge in [0.2, 0.25) is 5.89 Å². The van der Waals surface area contributed by atoms with Gasteiger partial charge in [0, 0.05) is 12.1 Å². The average molecular weight is 390 g/mol. The van der Waals surface area contributed by atoms with Crippen LogP contribution in [0.1, 0.15) is 89.6 Å². The summed E-state index contributed by atoms with van der Waals surface area (Å²) in [5.41, 5.74) is 0.501. The topological polar surface area (TPSA) is 95.1 Å². The van der Waals surface area contributed by atoms with Crippen LogP contribution in [-0.4, -0.2) is 31.7 Å². The Kier molecular flexibility index (Phi) is 6.05. The molecule has 1 fully saturated rings. The van der Waals surface area contributed by atoms with Crippen molar-refractivity contribution in [2.45, 2.75) is 84.4 Å². The molecule has 3 rings (SSSR count). The molecule has 28 heavy (non-hydrogen) atoms. The highest BCUT2D eigenvalue weighted by atomic mass is 16.6. The minimum atomic E-state index is -0.558. The zero-order chi connectivity index (χ0) is 20.3. The molecule has 154 valence electrons. The number of alkyl carbamates (subject to hydrolysis) is 1. The Morgan fingerprint density at radius 1 is 1.36 bits per heavy atom. The van der Waals surface area contributed by atoms with E-state index in [9.17, 15) is 4.79 Å². The summed E-state index contributed by atoms with van der Waals surface area (Å²) in [7, 11) is 0. The van der Waals surface area contributed by atoms with Gasteiger partial charge in [-0.25, -0.2) is 14.5 Å². The molecule has 1 amide bonds. The number of ether oxygens (including phenoxy) is 1. The Balaban J connectivity index is 1.64. The van der Waals surface area contributed by atoms with E-state index in [0.717, 1.165) is 5.69 Å². The van der Waals surface area contributed by atoms with Crippen molar-refractivity contribution in [2.75, 3.05) is 0 Å². The highest BCUT2D eigenvalue weighted by Crippen LogP contribution is 2.32. The quantitative estimate of drug-likeness (QED) is 0.796. The Labute approximate surface area is 166 Å². The number of nitrogens with zero attached hydrogens (tertiary/aromatic N) is 4. The first-order valence-corrected chi connectivity index (χ1v) is 10.1. The minimum absolute atomic E-state index is 0.0966. The normalized spacial score (nSPS) is 16.5. The number of hydrogen-bond donors (Lipinski definition) is 1. The fraction of sp³-hybridized carbons (Fsp3) is 0.700. The van der Waals surface area contributed by atoms with Crippen LogP contribution in [-0.2, 0) is 11.3 Å². The van der Waals surface area contributed by atoms with E-state index in [0.29, 0.717) is 24.1 Å². The summed E-state index contributed by atoms with van der Waals surface area (Å²) in [5, 5.41) is 11.4. The molecular formula is C20H31N5O3. The van der Waals surface area contributed by atoms with E-state index in [-0.39, 0.29) is 12.0 Å². The molecule has 0 bridgehead atoms. The third-order valence-corrected chi connectivity index (χ3v) is 4.82. The monoisotopic (exact) mass is 389 g/mol. The van der Waals surface area contributed by atoms with Crippen molar-refractivity contribution in [1.82, 2.24) is 25.3 Å². The maximum atomic E-state index is 12.1. The predicted octanol–water partition coefficient (Wildman–Crippen LogP) is 4.19. The van der Waals surface area contributed by atoms with Crippen LogP contribution in [0, 0.1) is 5.92 Å². The van der Waals surface area contributed by atoms with E-state index in [1.807, 2.05) is 40.8 Å². The van der Waals surface area contributed by atoms with Crippen molar-refractivity contribution >= 4 is 6.09 Å². The average Bonchev–Trinajstić information content (AvgIpc) is 3.32. The zero-order valence-electron chi connectivity index (χ0n) is 17.4. The van der Waals surface area contributed by atoms with Crippen LogP contribution in [0.25, 0.3) is 0 Å². The number of nitrogens with one attached hydrogen (secondary N) is 1. The SMILES string of the molecule is CC(C)[C@H](NC(=O)OC(C)(C)C)c1ncc(Cn2cc(C3CCCC3)nn2)o1. The molecule has 1 aliphatic rings. The first-order valence-electron chi connectivity index (χ1n) is 10.1. The number of carbonyl (C=O) groups is 1. The van der Waals surface area contributed by atoms with Crippen molar-refractivity contribution in [2.24, 2.45) is 5.92 Å². The highest BCUT2D eigenvalue weighted by molar-refractivity contribution is 5.68. The van der Waals surface area contributed by atoms with Gasteiger partial charge in [0.25, 0.3) is 0 Å². The molecule has 0 saturated heterocycles. The van der Waals surface area contributed by atoms with Crippen LogP contribution in [0.2, 0.25) is 0 Å². The van der Waals surface area contributed by atoms with Gasteiger partial charge in [-0.15, -0.1) is 5.10 Å². The number of aromatic nitrogens is 4. The Morgan fingerprint density at radius 2 is 2.07 bits per heavy atom. The fourth-order valence-electron chi connectivity index (χ4n) is 3.45. The molecule has 0 spiro atoms. The van der Waals surface area contributed by atoms with E-state index in [2.05, 4.69) is 20.6 Å². The summed E-state index contributed by atoms with van der Waals surface area (Å²) in [4.78, 5) is 16.5. The molecule has 0 unspecified atom stereocenters.